The Labute approximate surface area is 444 Å². The van der Waals surface area contributed by atoms with Gasteiger partial charge in [-0.3, -0.25) is 0 Å². The van der Waals surface area contributed by atoms with Gasteiger partial charge in [0.1, 0.15) is 0 Å². The van der Waals surface area contributed by atoms with Crippen LogP contribution in [0.1, 0.15) is 22.3 Å². The first-order chi connectivity index (χ1) is 37.7. The lowest BCUT2D eigenvalue weighted by Gasteiger charge is -2.45. The molecule has 4 aliphatic rings. The molecular formula is C76H50. The van der Waals surface area contributed by atoms with E-state index >= 15 is 0 Å². The van der Waals surface area contributed by atoms with E-state index in [0.717, 1.165) is 0 Å². The topological polar surface area (TPSA) is 0 Å². The Morgan fingerprint density at radius 2 is 0.645 bits per heavy atom. The zero-order chi connectivity index (χ0) is 50.1. The molecule has 0 saturated heterocycles. The van der Waals surface area contributed by atoms with Gasteiger partial charge in [-0.25, -0.2) is 0 Å². The van der Waals surface area contributed by atoms with Gasteiger partial charge in [0.2, 0.25) is 0 Å². The molecule has 11 aromatic rings. The van der Waals surface area contributed by atoms with Crippen LogP contribution in [-0.4, -0.2) is 0 Å². The number of hydrogen-bond donors (Lipinski definition) is 0. The lowest BCUT2D eigenvalue weighted by Crippen LogP contribution is -2.32. The summed E-state index contributed by atoms with van der Waals surface area (Å²) in [4.78, 5) is 0. The summed E-state index contributed by atoms with van der Waals surface area (Å²) in [6.07, 6.45) is 14.7. The van der Waals surface area contributed by atoms with E-state index in [9.17, 15) is 0 Å². The molecule has 0 N–H and O–H groups in total. The predicted octanol–water partition coefficient (Wildman–Crippen LogP) is 19.9. The second-order valence-electron chi connectivity index (χ2n) is 20.6. The van der Waals surface area contributed by atoms with Gasteiger partial charge in [-0.15, -0.1) is 0 Å². The van der Waals surface area contributed by atoms with Crippen LogP contribution in [0.25, 0.3) is 99.1 Å². The lowest BCUT2D eigenvalue weighted by atomic mass is 9.58. The van der Waals surface area contributed by atoms with E-state index in [2.05, 4.69) is 291 Å². The Balaban J connectivity index is 0.993. The molecule has 0 fully saturated rings. The van der Waals surface area contributed by atoms with Crippen LogP contribution in [0.5, 0.6) is 0 Å². The van der Waals surface area contributed by atoms with Gasteiger partial charge in [0, 0.05) is 11.8 Å². The van der Waals surface area contributed by atoms with Crippen molar-refractivity contribution in [2.45, 2.75) is 0 Å². The smallest absolute Gasteiger partial charge is 0.0211 e. The maximum absolute atomic E-state index is 2.51. The van der Waals surface area contributed by atoms with Crippen molar-refractivity contribution in [1.29, 1.82) is 0 Å². The van der Waals surface area contributed by atoms with Crippen LogP contribution in [0.2, 0.25) is 0 Å². The molecule has 0 radical (unpaired) electrons. The molecule has 0 spiro atoms. The van der Waals surface area contributed by atoms with Crippen molar-refractivity contribution in [3.8, 4) is 44.5 Å². The van der Waals surface area contributed by atoms with Gasteiger partial charge in [-0.2, -0.15) is 0 Å². The summed E-state index contributed by atoms with van der Waals surface area (Å²) < 4.78 is 0. The third-order valence-electron chi connectivity index (χ3n) is 16.5. The van der Waals surface area contributed by atoms with Crippen LogP contribution >= 0.6 is 0 Å². The number of benzene rings is 11. The van der Waals surface area contributed by atoms with Gasteiger partial charge >= 0.3 is 0 Å². The molecule has 0 aromatic heterocycles. The zero-order valence-corrected chi connectivity index (χ0v) is 41.9. The minimum atomic E-state index is 0.0919. The molecule has 0 aliphatic heterocycles. The zero-order valence-electron chi connectivity index (χ0n) is 41.9. The highest BCUT2D eigenvalue weighted by molar-refractivity contribution is 6.17. The van der Waals surface area contributed by atoms with Crippen LogP contribution < -0.4 is 0 Å². The molecule has 2 unspecified atom stereocenters. The van der Waals surface area contributed by atoms with E-state index in [1.54, 1.807) is 0 Å². The lowest BCUT2D eigenvalue weighted by molar-refractivity contribution is 0.574. The van der Waals surface area contributed by atoms with Crippen molar-refractivity contribution >= 4 is 54.6 Å². The SMILES string of the molecule is C1=CC2=C(c3ccccc3)C=C(c3cc(-c4ccccc4)cc(-c4ccc(-c5cccc6ccccc56)c5c(-c6cccc7ccccc67)cccc45)c3)C3=CC=C4C(c5ccccc5)=CC(c5ccccc5)=C1C4C32. The Bertz CT molecular complexity index is 4310. The van der Waals surface area contributed by atoms with Crippen LogP contribution in [-0.2, 0) is 0 Å². The molecular weight excluding hydrogens is 913 g/mol. The molecule has 4 aliphatic carbocycles. The Morgan fingerprint density at radius 3 is 1.21 bits per heavy atom. The minimum Gasteiger partial charge on any atom is -0.0622 e. The average Bonchev–Trinajstić information content (AvgIpc) is 3.65. The monoisotopic (exact) mass is 962 g/mol. The first-order valence-electron chi connectivity index (χ1n) is 26.6. The summed E-state index contributed by atoms with van der Waals surface area (Å²) in [7, 11) is 0. The van der Waals surface area contributed by atoms with E-state index in [4.69, 9.17) is 0 Å². The Kier molecular flexibility index (Phi) is 10.5. The second kappa shape index (κ2) is 18.1. The van der Waals surface area contributed by atoms with E-state index in [1.165, 1.54) is 144 Å². The number of allylic oxidation sites excluding steroid dienone is 14. The highest BCUT2D eigenvalue weighted by Crippen LogP contribution is 2.59. The minimum absolute atomic E-state index is 0.0919. The van der Waals surface area contributed by atoms with Gasteiger partial charge in [0.05, 0.1) is 0 Å². The fourth-order valence-corrected chi connectivity index (χ4v) is 13.1. The maximum atomic E-state index is 2.51. The Hall–Kier alpha value is -9.62. The van der Waals surface area contributed by atoms with Gasteiger partial charge in [0.25, 0.3) is 0 Å². The van der Waals surface area contributed by atoms with Crippen LogP contribution in [0.3, 0.4) is 0 Å². The van der Waals surface area contributed by atoms with Crippen LogP contribution in [0.15, 0.2) is 314 Å². The predicted molar refractivity (Wildman–Crippen MR) is 322 cm³/mol. The van der Waals surface area contributed by atoms with Crippen LogP contribution in [0, 0.1) is 11.8 Å². The summed E-state index contributed by atoms with van der Waals surface area (Å²) in [5.74, 6) is 0.210. The molecule has 0 bridgehead atoms. The first kappa shape index (κ1) is 43.9. The maximum Gasteiger partial charge on any atom is 0.0211 e. The largest absolute Gasteiger partial charge is 0.0622 e. The van der Waals surface area contributed by atoms with Gasteiger partial charge in [-0.1, -0.05) is 261 Å². The van der Waals surface area contributed by atoms with Crippen molar-refractivity contribution in [3.63, 3.8) is 0 Å². The van der Waals surface area contributed by atoms with E-state index in [0.29, 0.717) is 0 Å². The van der Waals surface area contributed by atoms with E-state index in [1.807, 2.05) is 0 Å². The molecule has 15 rings (SSSR count). The highest BCUT2D eigenvalue weighted by atomic mass is 14.5. The summed E-state index contributed by atoms with van der Waals surface area (Å²) in [5, 5.41) is 7.45. The summed E-state index contributed by atoms with van der Waals surface area (Å²) >= 11 is 0. The normalized spacial score (nSPS) is 16.6. The summed E-state index contributed by atoms with van der Waals surface area (Å²) in [6, 6.07) is 94.3. The highest BCUT2D eigenvalue weighted by Gasteiger charge is 2.44. The van der Waals surface area contributed by atoms with Crippen molar-refractivity contribution in [2.75, 3.05) is 0 Å². The van der Waals surface area contributed by atoms with Crippen molar-refractivity contribution < 1.29 is 0 Å². The van der Waals surface area contributed by atoms with Gasteiger partial charge in [-0.05, 0) is 174 Å². The van der Waals surface area contributed by atoms with Crippen molar-refractivity contribution in [1.82, 2.24) is 0 Å². The Morgan fingerprint density at radius 1 is 0.250 bits per heavy atom. The molecule has 0 nitrogen and oxygen atoms in total. The molecule has 11 aromatic carbocycles. The molecule has 0 amide bonds. The third-order valence-corrected chi connectivity index (χ3v) is 16.5. The molecule has 0 heteroatoms. The second-order valence-corrected chi connectivity index (χ2v) is 20.6. The summed E-state index contributed by atoms with van der Waals surface area (Å²) in [6.45, 7) is 0. The number of fused-ring (bicyclic) bond motifs is 3. The van der Waals surface area contributed by atoms with Gasteiger partial charge < -0.3 is 0 Å². The first-order valence-corrected chi connectivity index (χ1v) is 26.6. The average molecular weight is 963 g/mol. The van der Waals surface area contributed by atoms with Crippen LogP contribution in [0.4, 0.5) is 0 Å². The van der Waals surface area contributed by atoms with Gasteiger partial charge in [0.15, 0.2) is 0 Å². The van der Waals surface area contributed by atoms with E-state index in [-0.39, 0.29) is 11.8 Å². The molecule has 76 heavy (non-hydrogen) atoms. The van der Waals surface area contributed by atoms with Crippen molar-refractivity contribution in [3.05, 3.63) is 336 Å². The molecule has 0 heterocycles. The molecule has 2 atom stereocenters. The summed E-state index contributed by atoms with van der Waals surface area (Å²) in [5.41, 5.74) is 25.3. The number of hydrogen-bond acceptors (Lipinski definition) is 0. The van der Waals surface area contributed by atoms with Crippen molar-refractivity contribution in [2.24, 2.45) is 11.8 Å². The third kappa shape index (κ3) is 7.21. The van der Waals surface area contributed by atoms with E-state index < -0.39 is 0 Å². The molecule has 354 valence electrons. The molecule has 0 saturated carbocycles. The fraction of sp³-hybridized carbons (Fsp3) is 0.0263. The quantitative estimate of drug-likeness (QED) is 0.142. The standard InChI is InChI=1S/C76H50/c1-5-20-49(21-6-1)55-44-56(60-38-39-65(62-35-18-31-51-29-14-16-33-59(51)62)74-63(60)36-19-37-64(74)61-34-17-30-50-28-13-15-32-58(50)61)46-57(45-55)73-48-72(54-26-11-4-12-27-54)68-41-40-66-70(52-22-7-2-8-23-52)47-71(53-24-9-3-10-25-53)67-42-43-69(73)76(68)75(66)67/h1-48,75-76H. The number of rotatable bonds is 8. The fourth-order valence-electron chi connectivity index (χ4n) is 13.1.